The van der Waals surface area contributed by atoms with Gasteiger partial charge in [-0.2, -0.15) is 0 Å². The SMILES string of the molecule is CC1(C)OB(c2ccc3c(c2)CCCc2[nH]c([C@@H]4CCCN4)nc2-3)OC1(C)C. The van der Waals surface area contributed by atoms with E-state index in [0.29, 0.717) is 6.04 Å². The summed E-state index contributed by atoms with van der Waals surface area (Å²) in [6.07, 6.45) is 5.64. The molecule has 3 heterocycles. The zero-order valence-electron chi connectivity index (χ0n) is 17.4. The van der Waals surface area contributed by atoms with Crippen LogP contribution in [0.2, 0.25) is 0 Å². The molecule has 0 spiro atoms. The van der Waals surface area contributed by atoms with Crippen molar-refractivity contribution in [2.75, 3.05) is 6.54 Å². The molecular formula is C22H30BN3O2. The first-order valence-electron chi connectivity index (χ1n) is 10.6. The number of hydrogen-bond donors (Lipinski definition) is 2. The average Bonchev–Trinajstić information content (AvgIpc) is 3.32. The third-order valence-corrected chi connectivity index (χ3v) is 6.97. The highest BCUT2D eigenvalue weighted by Crippen LogP contribution is 2.37. The third-order valence-electron chi connectivity index (χ3n) is 6.97. The van der Waals surface area contributed by atoms with Crippen LogP contribution in [-0.4, -0.2) is 34.8 Å². The first-order chi connectivity index (χ1) is 13.3. The summed E-state index contributed by atoms with van der Waals surface area (Å²) in [7, 11) is -0.310. The van der Waals surface area contributed by atoms with Crippen molar-refractivity contribution >= 4 is 12.6 Å². The Morgan fingerprint density at radius 3 is 2.57 bits per heavy atom. The molecule has 5 rings (SSSR count). The molecule has 0 amide bonds. The van der Waals surface area contributed by atoms with Crippen LogP contribution in [0, 0.1) is 0 Å². The van der Waals surface area contributed by atoms with Crippen LogP contribution in [0.3, 0.4) is 0 Å². The van der Waals surface area contributed by atoms with Gasteiger partial charge in [0.1, 0.15) is 5.82 Å². The highest BCUT2D eigenvalue weighted by molar-refractivity contribution is 6.62. The van der Waals surface area contributed by atoms with Crippen LogP contribution in [-0.2, 0) is 22.2 Å². The minimum atomic E-state index is -0.316. The predicted molar refractivity (Wildman–Crippen MR) is 112 cm³/mol. The fourth-order valence-electron chi connectivity index (χ4n) is 4.55. The van der Waals surface area contributed by atoms with Crippen LogP contribution in [0.25, 0.3) is 11.3 Å². The summed E-state index contributed by atoms with van der Waals surface area (Å²) in [6.45, 7) is 9.50. The number of rotatable bonds is 2. The molecule has 0 radical (unpaired) electrons. The van der Waals surface area contributed by atoms with Gasteiger partial charge in [-0.05, 0) is 77.4 Å². The van der Waals surface area contributed by atoms with Crippen LogP contribution < -0.4 is 10.8 Å². The van der Waals surface area contributed by atoms with Gasteiger partial charge in [-0.15, -0.1) is 0 Å². The molecule has 2 saturated heterocycles. The predicted octanol–water partition coefficient (Wildman–Crippen LogP) is 3.29. The fraction of sp³-hybridized carbons (Fsp3) is 0.591. The number of hydrogen-bond acceptors (Lipinski definition) is 4. The van der Waals surface area contributed by atoms with E-state index in [9.17, 15) is 0 Å². The molecule has 148 valence electrons. The number of nitrogens with zero attached hydrogens (tertiary/aromatic N) is 1. The molecule has 6 heteroatoms. The topological polar surface area (TPSA) is 59.2 Å². The lowest BCUT2D eigenvalue weighted by Gasteiger charge is -2.32. The Labute approximate surface area is 167 Å². The molecule has 1 aromatic carbocycles. The second-order valence-corrected chi connectivity index (χ2v) is 9.46. The maximum absolute atomic E-state index is 6.26. The van der Waals surface area contributed by atoms with Crippen molar-refractivity contribution < 1.29 is 9.31 Å². The van der Waals surface area contributed by atoms with Crippen LogP contribution in [0.5, 0.6) is 0 Å². The van der Waals surface area contributed by atoms with Crippen LogP contribution >= 0.6 is 0 Å². The van der Waals surface area contributed by atoms with Gasteiger partial charge in [0, 0.05) is 11.3 Å². The molecule has 2 fully saturated rings. The van der Waals surface area contributed by atoms with E-state index in [2.05, 4.69) is 56.2 Å². The Balaban J connectivity index is 1.48. The van der Waals surface area contributed by atoms with Gasteiger partial charge in [0.15, 0.2) is 0 Å². The number of nitrogens with one attached hydrogen (secondary N) is 2. The van der Waals surface area contributed by atoms with Crippen LogP contribution in [0.4, 0.5) is 0 Å². The maximum Gasteiger partial charge on any atom is 0.494 e. The Morgan fingerprint density at radius 1 is 1.07 bits per heavy atom. The van der Waals surface area contributed by atoms with Gasteiger partial charge in [0.25, 0.3) is 0 Å². The Bertz CT molecular complexity index is 883. The molecule has 2 aromatic rings. The zero-order valence-corrected chi connectivity index (χ0v) is 17.4. The first-order valence-corrected chi connectivity index (χ1v) is 10.6. The van der Waals surface area contributed by atoms with Crippen LogP contribution in [0.15, 0.2) is 18.2 Å². The van der Waals surface area contributed by atoms with E-state index in [1.54, 1.807) is 0 Å². The summed E-state index contributed by atoms with van der Waals surface area (Å²) in [5, 5.41) is 3.56. The number of aromatic nitrogens is 2. The van der Waals surface area contributed by atoms with Gasteiger partial charge in [-0.3, -0.25) is 0 Å². The van der Waals surface area contributed by atoms with Crippen molar-refractivity contribution in [3.63, 3.8) is 0 Å². The zero-order chi connectivity index (χ0) is 19.5. The number of benzene rings is 1. The van der Waals surface area contributed by atoms with Crippen molar-refractivity contribution in [1.82, 2.24) is 15.3 Å². The average molecular weight is 379 g/mol. The maximum atomic E-state index is 6.26. The Morgan fingerprint density at radius 2 is 1.86 bits per heavy atom. The molecule has 1 atom stereocenters. The molecule has 0 bridgehead atoms. The summed E-state index contributed by atoms with van der Waals surface area (Å²) in [6, 6.07) is 7.01. The number of aryl methyl sites for hydroxylation is 2. The Kier molecular flexibility index (Phi) is 4.24. The van der Waals surface area contributed by atoms with E-state index in [0.717, 1.165) is 42.8 Å². The number of imidazole rings is 1. The van der Waals surface area contributed by atoms with Crippen molar-refractivity contribution in [1.29, 1.82) is 0 Å². The normalized spacial score (nSPS) is 25.4. The summed E-state index contributed by atoms with van der Waals surface area (Å²) in [5.74, 6) is 1.10. The number of fused-ring (bicyclic) bond motifs is 3. The molecule has 1 aliphatic carbocycles. The summed E-state index contributed by atoms with van der Waals surface area (Å²) >= 11 is 0. The molecule has 5 nitrogen and oxygen atoms in total. The van der Waals surface area contributed by atoms with Crippen LogP contribution in [0.1, 0.15) is 70.1 Å². The molecule has 1 aromatic heterocycles. The molecular weight excluding hydrogens is 349 g/mol. The first kappa shape index (κ1) is 18.4. The van der Waals surface area contributed by atoms with Gasteiger partial charge in [0.05, 0.1) is 22.9 Å². The smallest absolute Gasteiger partial charge is 0.399 e. The summed E-state index contributed by atoms with van der Waals surface area (Å²) < 4.78 is 12.5. The van der Waals surface area contributed by atoms with Gasteiger partial charge >= 0.3 is 7.12 Å². The van der Waals surface area contributed by atoms with Gasteiger partial charge < -0.3 is 19.6 Å². The van der Waals surface area contributed by atoms with E-state index in [4.69, 9.17) is 14.3 Å². The largest absolute Gasteiger partial charge is 0.494 e. The van der Waals surface area contributed by atoms with Gasteiger partial charge in [0.2, 0.25) is 0 Å². The quantitative estimate of drug-likeness (QED) is 0.787. The molecule has 2 aliphatic heterocycles. The van der Waals surface area contributed by atoms with Crippen molar-refractivity contribution in [3.05, 3.63) is 35.3 Å². The summed E-state index contributed by atoms with van der Waals surface area (Å²) in [4.78, 5) is 8.65. The minimum Gasteiger partial charge on any atom is -0.399 e. The lowest BCUT2D eigenvalue weighted by molar-refractivity contribution is 0.00578. The monoisotopic (exact) mass is 379 g/mol. The molecule has 0 saturated carbocycles. The lowest BCUT2D eigenvalue weighted by atomic mass is 9.77. The van der Waals surface area contributed by atoms with E-state index in [-0.39, 0.29) is 18.3 Å². The lowest BCUT2D eigenvalue weighted by Crippen LogP contribution is -2.41. The molecule has 0 unspecified atom stereocenters. The Hall–Kier alpha value is -1.63. The molecule has 3 aliphatic rings. The van der Waals surface area contributed by atoms with E-state index >= 15 is 0 Å². The standard InChI is InChI=1S/C22H30BN3O2/c1-21(2)22(3,4)28-23(27-21)15-10-11-16-14(13-15)7-5-8-17-19(16)26-20(25-17)18-9-6-12-24-18/h10-11,13,18,24H,5-9,12H2,1-4H3,(H,25,26)/t18-/m0/s1. The number of aromatic amines is 1. The third kappa shape index (κ3) is 2.93. The van der Waals surface area contributed by atoms with Crippen molar-refractivity contribution in [3.8, 4) is 11.3 Å². The minimum absolute atomic E-state index is 0.310. The highest BCUT2D eigenvalue weighted by Gasteiger charge is 2.51. The molecule has 28 heavy (non-hydrogen) atoms. The van der Waals surface area contributed by atoms with Crippen molar-refractivity contribution in [2.45, 2.75) is 77.0 Å². The molecule has 2 N–H and O–H groups in total. The second-order valence-electron chi connectivity index (χ2n) is 9.46. The highest BCUT2D eigenvalue weighted by atomic mass is 16.7. The number of H-pyrrole nitrogens is 1. The van der Waals surface area contributed by atoms with E-state index in [1.165, 1.54) is 29.7 Å². The summed E-state index contributed by atoms with van der Waals surface area (Å²) in [5.41, 5.74) is 5.50. The van der Waals surface area contributed by atoms with E-state index in [1.807, 2.05) is 0 Å². The van der Waals surface area contributed by atoms with E-state index < -0.39 is 0 Å². The van der Waals surface area contributed by atoms with Gasteiger partial charge in [-0.1, -0.05) is 18.2 Å². The second kappa shape index (κ2) is 6.44. The van der Waals surface area contributed by atoms with Gasteiger partial charge in [-0.25, -0.2) is 4.98 Å². The van der Waals surface area contributed by atoms with Crippen molar-refractivity contribution in [2.24, 2.45) is 0 Å². The fourth-order valence-corrected chi connectivity index (χ4v) is 4.55.